The van der Waals surface area contributed by atoms with Crippen molar-refractivity contribution in [1.82, 2.24) is 4.98 Å². The lowest BCUT2D eigenvalue weighted by Gasteiger charge is -2.34. The van der Waals surface area contributed by atoms with Gasteiger partial charge in [-0.2, -0.15) is 0 Å². The minimum Gasteiger partial charge on any atom is -0.348 e. The highest BCUT2D eigenvalue weighted by Crippen LogP contribution is 2.32. The topological polar surface area (TPSA) is 16.1 Å². The van der Waals surface area contributed by atoms with Crippen LogP contribution in [-0.4, -0.2) is 18.1 Å². The summed E-state index contributed by atoms with van der Waals surface area (Å²) in [4.78, 5) is 6.85. The molecule has 0 atom stereocenters. The molecular weight excluding hydrogens is 284 g/mol. The number of hydrogen-bond acceptors (Lipinski definition) is 3. The molecule has 0 spiro atoms. The first-order chi connectivity index (χ1) is 7.70. The molecule has 0 saturated heterocycles. The molecule has 4 heteroatoms. The third-order valence-electron chi connectivity index (χ3n) is 3.71. The van der Waals surface area contributed by atoms with Gasteiger partial charge in [0.15, 0.2) is 5.13 Å². The van der Waals surface area contributed by atoms with Crippen molar-refractivity contribution in [2.75, 3.05) is 11.9 Å². The molecule has 0 N–H and O–H groups in total. The summed E-state index contributed by atoms with van der Waals surface area (Å²) >= 11 is 5.14. The molecule has 2 rings (SSSR count). The SMILES string of the molecule is CCC1CCC(N(C)c2nc(Br)cs2)CC1. The number of aromatic nitrogens is 1. The van der Waals surface area contributed by atoms with E-state index >= 15 is 0 Å². The number of hydrogen-bond donors (Lipinski definition) is 0. The summed E-state index contributed by atoms with van der Waals surface area (Å²) < 4.78 is 0.960. The summed E-state index contributed by atoms with van der Waals surface area (Å²) in [6, 6.07) is 0.695. The van der Waals surface area contributed by atoms with Gasteiger partial charge >= 0.3 is 0 Å². The highest BCUT2D eigenvalue weighted by atomic mass is 79.9. The number of halogens is 1. The van der Waals surface area contributed by atoms with Crippen LogP contribution in [0.2, 0.25) is 0 Å². The lowest BCUT2D eigenvalue weighted by atomic mass is 9.84. The van der Waals surface area contributed by atoms with Gasteiger partial charge < -0.3 is 4.90 Å². The summed E-state index contributed by atoms with van der Waals surface area (Å²) in [6.07, 6.45) is 6.77. The van der Waals surface area contributed by atoms with Crippen molar-refractivity contribution in [3.05, 3.63) is 9.98 Å². The van der Waals surface area contributed by atoms with Crippen LogP contribution in [0.15, 0.2) is 9.98 Å². The Balaban J connectivity index is 1.93. The summed E-state index contributed by atoms with van der Waals surface area (Å²) in [5, 5.41) is 3.20. The molecule has 1 heterocycles. The average Bonchev–Trinajstić information content (AvgIpc) is 2.75. The lowest BCUT2D eigenvalue weighted by Crippen LogP contribution is -2.35. The van der Waals surface area contributed by atoms with Crippen LogP contribution in [0.25, 0.3) is 0 Å². The number of thiazole rings is 1. The quantitative estimate of drug-likeness (QED) is 0.827. The van der Waals surface area contributed by atoms with E-state index in [4.69, 9.17) is 0 Å². The number of rotatable bonds is 3. The first kappa shape index (κ1) is 12.4. The van der Waals surface area contributed by atoms with Crippen molar-refractivity contribution in [3.63, 3.8) is 0 Å². The van der Waals surface area contributed by atoms with Gasteiger partial charge in [-0.05, 0) is 47.5 Å². The summed E-state index contributed by atoms with van der Waals surface area (Å²) in [7, 11) is 2.18. The molecular formula is C12H19BrN2S. The maximum absolute atomic E-state index is 4.49. The summed E-state index contributed by atoms with van der Waals surface area (Å²) in [5.41, 5.74) is 0. The van der Waals surface area contributed by atoms with Crippen molar-refractivity contribution in [2.24, 2.45) is 5.92 Å². The second-order valence-corrected chi connectivity index (χ2v) is 6.30. The molecule has 0 unspecified atom stereocenters. The highest BCUT2D eigenvalue weighted by molar-refractivity contribution is 9.10. The fraction of sp³-hybridized carbons (Fsp3) is 0.750. The highest BCUT2D eigenvalue weighted by Gasteiger charge is 2.24. The summed E-state index contributed by atoms with van der Waals surface area (Å²) in [5.74, 6) is 0.965. The van der Waals surface area contributed by atoms with Crippen molar-refractivity contribution in [3.8, 4) is 0 Å². The Labute approximate surface area is 110 Å². The zero-order valence-corrected chi connectivity index (χ0v) is 12.4. The third-order valence-corrected chi connectivity index (χ3v) is 5.35. The summed E-state index contributed by atoms with van der Waals surface area (Å²) in [6.45, 7) is 2.31. The first-order valence-electron chi connectivity index (χ1n) is 6.04. The molecule has 0 amide bonds. The van der Waals surface area contributed by atoms with Crippen LogP contribution in [0.4, 0.5) is 5.13 Å². The van der Waals surface area contributed by atoms with Crippen LogP contribution in [0, 0.1) is 5.92 Å². The Morgan fingerprint density at radius 2 is 2.12 bits per heavy atom. The van der Waals surface area contributed by atoms with Gasteiger partial charge in [0, 0.05) is 18.5 Å². The van der Waals surface area contributed by atoms with Gasteiger partial charge in [-0.1, -0.05) is 13.3 Å². The van der Waals surface area contributed by atoms with Crippen LogP contribution in [-0.2, 0) is 0 Å². The number of anilines is 1. The monoisotopic (exact) mass is 302 g/mol. The fourth-order valence-electron chi connectivity index (χ4n) is 2.50. The molecule has 1 aliphatic rings. The van der Waals surface area contributed by atoms with E-state index in [0.29, 0.717) is 6.04 Å². The van der Waals surface area contributed by atoms with E-state index in [-0.39, 0.29) is 0 Å². The normalized spacial score (nSPS) is 25.7. The van der Waals surface area contributed by atoms with Crippen LogP contribution < -0.4 is 4.90 Å². The maximum Gasteiger partial charge on any atom is 0.186 e. The van der Waals surface area contributed by atoms with E-state index in [2.05, 4.69) is 45.2 Å². The van der Waals surface area contributed by atoms with E-state index in [9.17, 15) is 0 Å². The van der Waals surface area contributed by atoms with Gasteiger partial charge in [0.25, 0.3) is 0 Å². The Kier molecular flexibility index (Phi) is 4.25. The molecule has 0 aliphatic heterocycles. The first-order valence-corrected chi connectivity index (χ1v) is 7.71. The van der Waals surface area contributed by atoms with Crippen LogP contribution >= 0.6 is 27.3 Å². The predicted molar refractivity (Wildman–Crippen MR) is 74.3 cm³/mol. The smallest absolute Gasteiger partial charge is 0.186 e. The Bertz CT molecular complexity index is 332. The van der Waals surface area contributed by atoms with Gasteiger partial charge in [-0.15, -0.1) is 11.3 Å². The standard InChI is InChI=1S/C12H19BrN2S/c1-3-9-4-6-10(7-5-9)15(2)12-14-11(13)8-16-12/h8-10H,3-7H2,1-2H3. The molecule has 1 aliphatic carbocycles. The van der Waals surface area contributed by atoms with Crippen molar-refractivity contribution in [1.29, 1.82) is 0 Å². The molecule has 0 bridgehead atoms. The lowest BCUT2D eigenvalue weighted by molar-refractivity contribution is 0.313. The fourth-order valence-corrected chi connectivity index (χ4v) is 3.79. The molecule has 0 aromatic carbocycles. The van der Waals surface area contributed by atoms with Crippen LogP contribution in [0.5, 0.6) is 0 Å². The molecule has 1 saturated carbocycles. The molecule has 2 nitrogen and oxygen atoms in total. The van der Waals surface area contributed by atoms with Crippen LogP contribution in [0.1, 0.15) is 39.0 Å². The molecule has 0 radical (unpaired) electrons. The second-order valence-electron chi connectivity index (χ2n) is 4.65. The van der Waals surface area contributed by atoms with Crippen molar-refractivity contribution >= 4 is 32.4 Å². The van der Waals surface area contributed by atoms with E-state index < -0.39 is 0 Å². The largest absolute Gasteiger partial charge is 0.348 e. The third kappa shape index (κ3) is 2.77. The van der Waals surface area contributed by atoms with E-state index in [1.165, 1.54) is 32.1 Å². The van der Waals surface area contributed by atoms with Crippen molar-refractivity contribution in [2.45, 2.75) is 45.1 Å². The molecule has 1 aromatic rings. The van der Waals surface area contributed by atoms with Gasteiger partial charge in [-0.25, -0.2) is 4.98 Å². The Morgan fingerprint density at radius 1 is 1.44 bits per heavy atom. The van der Waals surface area contributed by atoms with Gasteiger partial charge in [0.2, 0.25) is 0 Å². The molecule has 16 heavy (non-hydrogen) atoms. The Morgan fingerprint density at radius 3 is 2.62 bits per heavy atom. The van der Waals surface area contributed by atoms with Crippen LogP contribution in [0.3, 0.4) is 0 Å². The van der Waals surface area contributed by atoms with Gasteiger partial charge in [0.1, 0.15) is 4.60 Å². The Hall–Kier alpha value is -0.0900. The van der Waals surface area contributed by atoms with E-state index in [1.807, 2.05) is 0 Å². The molecule has 1 fully saturated rings. The minimum atomic E-state index is 0.695. The van der Waals surface area contributed by atoms with Crippen molar-refractivity contribution < 1.29 is 0 Å². The minimum absolute atomic E-state index is 0.695. The maximum atomic E-state index is 4.49. The van der Waals surface area contributed by atoms with E-state index in [1.54, 1.807) is 11.3 Å². The molecule has 90 valence electrons. The van der Waals surface area contributed by atoms with Gasteiger partial charge in [-0.3, -0.25) is 0 Å². The zero-order chi connectivity index (χ0) is 11.5. The molecule has 1 aromatic heterocycles. The predicted octanol–water partition coefficient (Wildman–Crippen LogP) is 4.31. The zero-order valence-electron chi connectivity index (χ0n) is 9.95. The van der Waals surface area contributed by atoms with Gasteiger partial charge in [0.05, 0.1) is 0 Å². The number of nitrogens with zero attached hydrogens (tertiary/aromatic N) is 2. The van der Waals surface area contributed by atoms with E-state index in [0.717, 1.165) is 15.7 Å². The second kappa shape index (κ2) is 5.50. The average molecular weight is 303 g/mol.